The van der Waals surface area contributed by atoms with Gasteiger partial charge in [0.2, 0.25) is 5.48 Å². The maximum absolute atomic E-state index is 9.81. The van der Waals surface area contributed by atoms with Gasteiger partial charge < -0.3 is 4.98 Å². The van der Waals surface area contributed by atoms with Crippen LogP contribution in [0, 0.1) is 0 Å². The van der Waals surface area contributed by atoms with Crippen LogP contribution in [-0.4, -0.2) is 21.9 Å². The average Bonchev–Trinajstić information content (AvgIpc) is 2.34. The first-order valence-electron chi connectivity index (χ1n) is 2.18. The van der Waals surface area contributed by atoms with E-state index in [0.29, 0.717) is 0 Å². The van der Waals surface area contributed by atoms with Gasteiger partial charge >= 0.3 is 0 Å². The van der Waals surface area contributed by atoms with Crippen molar-refractivity contribution in [1.29, 1.82) is 0 Å². The van der Waals surface area contributed by atoms with Gasteiger partial charge in [0, 0.05) is 0 Å². The van der Waals surface area contributed by atoms with E-state index in [9.17, 15) is 9.59 Å². The Morgan fingerprint density at radius 1 is 1.44 bits per heavy atom. The number of aromatic nitrogens is 2. The zero-order valence-corrected chi connectivity index (χ0v) is 4.34. The fraction of sp³-hybridized carbons (Fsp3) is 0. The second kappa shape index (κ2) is 2.09. The van der Waals surface area contributed by atoms with Gasteiger partial charge in [-0.25, -0.2) is 14.6 Å². The largest absolute Gasteiger partial charge is 0.320 e. The van der Waals surface area contributed by atoms with Crippen molar-refractivity contribution in [1.82, 2.24) is 9.97 Å². The molecule has 4 heteroatoms. The molecule has 0 unspecified atom stereocenters. The third-order valence-corrected chi connectivity index (χ3v) is 0.782. The second-order valence-electron chi connectivity index (χ2n) is 1.35. The summed E-state index contributed by atoms with van der Waals surface area (Å²) >= 11 is 0. The molecule has 4 nitrogen and oxygen atoms in total. The van der Waals surface area contributed by atoms with Crippen LogP contribution >= 0.6 is 0 Å². The van der Waals surface area contributed by atoms with Crippen molar-refractivity contribution in [2.75, 3.05) is 0 Å². The van der Waals surface area contributed by atoms with Crippen molar-refractivity contribution in [2.45, 2.75) is 0 Å². The molecule has 0 aliphatic carbocycles. The molecule has 0 radical (unpaired) electrons. The number of hydrogen-bond acceptors (Lipinski definition) is 3. The predicted octanol–water partition coefficient (Wildman–Crippen LogP) is -2.58. The molecule has 0 fully saturated rings. The molecule has 1 heterocycles. The normalized spacial score (nSPS) is 8.00. The van der Waals surface area contributed by atoms with Crippen LogP contribution in [0.15, 0.2) is 6.20 Å². The number of hydrogen-bond donors (Lipinski definition) is 1. The summed E-state index contributed by atoms with van der Waals surface area (Å²) in [7, 11) is 0. The smallest absolute Gasteiger partial charge is 0.217 e. The highest BCUT2D eigenvalue weighted by molar-refractivity contribution is 5.45. The summed E-state index contributed by atoms with van der Waals surface area (Å²) in [4.78, 5) is 25.4. The van der Waals surface area contributed by atoms with Gasteiger partial charge in [-0.05, 0) is 0 Å². The molecule has 1 rings (SSSR count). The van der Waals surface area contributed by atoms with E-state index in [0.717, 1.165) is 0 Å². The molecule has 0 atom stereocenters. The zero-order chi connectivity index (χ0) is 6.69. The third-order valence-electron chi connectivity index (χ3n) is 0.782. The van der Waals surface area contributed by atoms with Crippen molar-refractivity contribution in [2.24, 2.45) is 0 Å². The van der Waals surface area contributed by atoms with Gasteiger partial charge in [0.15, 0.2) is 11.9 Å². The number of rotatable bonds is 0. The summed E-state index contributed by atoms with van der Waals surface area (Å²) in [6.07, 6.45) is 1.22. The minimum absolute atomic E-state index is 0.0216. The molecule has 0 bridgehead atoms. The van der Waals surface area contributed by atoms with Crippen LogP contribution in [0.2, 0.25) is 0 Å². The first-order chi connectivity index (χ1) is 4.36. The number of carbonyl (C=O) groups excluding carboxylic acids is 2. The van der Waals surface area contributed by atoms with E-state index < -0.39 is 0 Å². The molecule has 0 amide bonds. The Labute approximate surface area is 49.5 Å². The maximum Gasteiger partial charge on any atom is 0.217 e. The summed E-state index contributed by atoms with van der Waals surface area (Å²) < 4.78 is 0. The molecule has 0 aliphatic rings. The van der Waals surface area contributed by atoms with Gasteiger partial charge in [0.05, 0.1) is 6.20 Å². The lowest BCUT2D eigenvalue weighted by Gasteiger charge is -1.56. The zero-order valence-electron chi connectivity index (χ0n) is 4.34. The molecule has 0 aromatic carbocycles. The monoisotopic (exact) mass is 122 g/mol. The van der Waals surface area contributed by atoms with E-state index in [1.54, 1.807) is 0 Å². The molecule has 0 aliphatic heterocycles. The molecular formula is C5H2N2O2. The van der Waals surface area contributed by atoms with Gasteiger partial charge in [0.25, 0.3) is 0 Å². The average molecular weight is 122 g/mol. The van der Waals surface area contributed by atoms with Gasteiger partial charge in [-0.3, -0.25) is 0 Å². The quantitative estimate of drug-likeness (QED) is 0.411. The number of imidazole rings is 1. The second-order valence-corrected chi connectivity index (χ2v) is 1.35. The fourth-order valence-electron chi connectivity index (χ4n) is 0.425. The molecule has 44 valence electrons. The summed E-state index contributed by atoms with van der Waals surface area (Å²) in [5.74, 6) is 3.02. The van der Waals surface area contributed by atoms with Crippen LogP contribution in [0.4, 0.5) is 0 Å². The third kappa shape index (κ3) is 0.941. The van der Waals surface area contributed by atoms with Crippen molar-refractivity contribution < 1.29 is 9.59 Å². The lowest BCUT2D eigenvalue weighted by Crippen LogP contribution is -2.12. The number of nitrogens with one attached hydrogen (secondary N) is 1. The highest BCUT2D eigenvalue weighted by atomic mass is 16.1. The first kappa shape index (κ1) is 5.51. The van der Waals surface area contributed by atoms with Crippen LogP contribution < -0.4 is 10.8 Å². The highest BCUT2D eigenvalue weighted by Crippen LogP contribution is 1.40. The Hall–Kier alpha value is -1.63. The van der Waals surface area contributed by atoms with Crippen LogP contribution in [0.25, 0.3) is 0 Å². The Balaban J connectivity index is 3.69. The summed E-state index contributed by atoms with van der Waals surface area (Å²) in [6.45, 7) is 0. The van der Waals surface area contributed by atoms with Gasteiger partial charge in [0.1, 0.15) is 5.35 Å². The lowest BCUT2D eigenvalue weighted by atomic mass is 10.7. The van der Waals surface area contributed by atoms with E-state index >= 15 is 0 Å². The van der Waals surface area contributed by atoms with Crippen LogP contribution in [0.5, 0.6) is 0 Å². The van der Waals surface area contributed by atoms with E-state index in [4.69, 9.17) is 0 Å². The van der Waals surface area contributed by atoms with Crippen molar-refractivity contribution >= 4 is 11.9 Å². The fourth-order valence-corrected chi connectivity index (χ4v) is 0.425. The number of nitrogens with zero attached hydrogens (tertiary/aromatic N) is 1. The van der Waals surface area contributed by atoms with E-state index in [1.165, 1.54) is 18.1 Å². The molecule has 1 N–H and O–H groups in total. The van der Waals surface area contributed by atoms with Gasteiger partial charge in [-0.1, -0.05) is 0 Å². The Morgan fingerprint density at radius 3 is 2.56 bits per heavy atom. The number of H-pyrrole nitrogens is 1. The Bertz CT molecular complexity index is 320. The first-order valence-corrected chi connectivity index (χ1v) is 2.18. The number of aromatic amines is 1. The molecular weight excluding hydrogens is 120 g/mol. The standard InChI is InChI=1S/C5H2N2O2/c8-2-4-1-6-5(3-9)7-4/h1,7H. The minimum Gasteiger partial charge on any atom is -0.320 e. The van der Waals surface area contributed by atoms with E-state index in [2.05, 4.69) is 9.97 Å². The molecule has 1 aromatic heterocycles. The Morgan fingerprint density at radius 2 is 2.22 bits per heavy atom. The molecule has 0 saturated carbocycles. The van der Waals surface area contributed by atoms with Crippen molar-refractivity contribution in [3.8, 4) is 0 Å². The summed E-state index contributed by atoms with van der Waals surface area (Å²) in [5.41, 5.74) is 0.0216. The van der Waals surface area contributed by atoms with Gasteiger partial charge in [-0.15, -0.1) is 0 Å². The highest BCUT2D eigenvalue weighted by Gasteiger charge is 1.80. The predicted molar refractivity (Wildman–Crippen MR) is 27.4 cm³/mol. The maximum atomic E-state index is 9.81. The minimum atomic E-state index is 0.0216. The lowest BCUT2D eigenvalue weighted by molar-refractivity contribution is 0.565. The molecule has 0 spiro atoms. The molecule has 0 saturated heterocycles. The van der Waals surface area contributed by atoms with E-state index in [1.807, 2.05) is 0 Å². The Kier molecular flexibility index (Phi) is 1.28. The molecule has 9 heavy (non-hydrogen) atoms. The van der Waals surface area contributed by atoms with Crippen LogP contribution in [0.3, 0.4) is 0 Å². The van der Waals surface area contributed by atoms with Crippen LogP contribution in [0.1, 0.15) is 0 Å². The van der Waals surface area contributed by atoms with Crippen LogP contribution in [-0.2, 0) is 9.59 Å². The SMILES string of the molecule is O=C=c1cnc(=C=O)[nH]1. The molecule has 1 aromatic rings. The summed E-state index contributed by atoms with van der Waals surface area (Å²) in [5, 5.41) is 0.161. The van der Waals surface area contributed by atoms with Crippen molar-refractivity contribution in [3.63, 3.8) is 0 Å². The summed E-state index contributed by atoms with van der Waals surface area (Å²) in [6, 6.07) is 0. The van der Waals surface area contributed by atoms with Gasteiger partial charge in [-0.2, -0.15) is 0 Å². The van der Waals surface area contributed by atoms with E-state index in [-0.39, 0.29) is 10.8 Å². The van der Waals surface area contributed by atoms with Crippen molar-refractivity contribution in [3.05, 3.63) is 17.0 Å². The topological polar surface area (TPSA) is 62.8 Å².